The van der Waals surface area contributed by atoms with E-state index in [1.165, 1.54) is 0 Å². The number of aliphatic hydroxyl groups excluding tert-OH is 21. The van der Waals surface area contributed by atoms with Crippen LogP contribution in [0.5, 0.6) is 0 Å². The molecule has 21 N–H and O–H groups in total. The van der Waals surface area contributed by atoms with Gasteiger partial charge in [0.05, 0.1) is 139 Å². The van der Waals surface area contributed by atoms with E-state index in [9.17, 15) is 107 Å². The lowest BCUT2D eigenvalue weighted by atomic mass is 9.95. The predicted octanol–water partition coefficient (Wildman–Crippen LogP) is -15.1. The standard InChI is InChI=1S/C56H98O42/c57-1-8-78-43-29(71)36-22(15-64)85-50(43)92-37-23(16-65)86-52(44(30(37)72)79-9-2-58)94-39-25(18-67)88-54(46(32(39)74)81-11-4-60)96-41-27(20-69)90-56(48(34(41)76)83-13-6-62)98-42-28(21-70)91-55(49(35(42)77)84-14-7-63)97-40-26(19-68)89-53(47(33(40)75)82-12-5-61)95-38-24(17-66)87-51(93-36)45(31(38)73)80-10-3-59/h22-77H,1-21H2. The first-order valence-corrected chi connectivity index (χ1v) is 32.2. The lowest BCUT2D eigenvalue weighted by molar-refractivity contribution is -0.402. The summed E-state index contributed by atoms with van der Waals surface area (Å²) in [6, 6.07) is 0. The van der Waals surface area contributed by atoms with Crippen molar-refractivity contribution in [2.24, 2.45) is 0 Å². The summed E-state index contributed by atoms with van der Waals surface area (Å²) < 4.78 is 127. The van der Waals surface area contributed by atoms with Crippen LogP contribution in [0, 0.1) is 0 Å². The van der Waals surface area contributed by atoms with E-state index in [1.54, 1.807) is 0 Å². The van der Waals surface area contributed by atoms with Gasteiger partial charge in [0.1, 0.15) is 171 Å². The molecule has 0 spiro atoms. The molecule has 21 aliphatic heterocycles. The Morgan fingerprint density at radius 1 is 0.173 bits per heavy atom. The van der Waals surface area contributed by atoms with E-state index >= 15 is 0 Å². The zero-order chi connectivity index (χ0) is 70.9. The van der Waals surface area contributed by atoms with Crippen molar-refractivity contribution in [2.75, 3.05) is 139 Å². The van der Waals surface area contributed by atoms with Gasteiger partial charge < -0.3 is 207 Å². The van der Waals surface area contributed by atoms with Crippen molar-refractivity contribution in [2.45, 2.75) is 215 Å². The van der Waals surface area contributed by atoms with Crippen LogP contribution in [0.3, 0.4) is 0 Å². The molecule has 14 bridgehead atoms. The third-order valence-corrected chi connectivity index (χ3v) is 17.4. The number of hydrogen-bond acceptors (Lipinski definition) is 42. The van der Waals surface area contributed by atoms with Crippen molar-refractivity contribution in [1.29, 1.82) is 0 Å². The van der Waals surface area contributed by atoms with Gasteiger partial charge >= 0.3 is 0 Å². The Balaban J connectivity index is 1.21. The fourth-order valence-electron chi connectivity index (χ4n) is 12.9. The molecule has 0 radical (unpaired) electrons. The Morgan fingerprint density at radius 3 is 0.378 bits per heavy atom. The zero-order valence-electron chi connectivity index (χ0n) is 53.0. The monoisotopic (exact) mass is 1440 g/mol. The summed E-state index contributed by atoms with van der Waals surface area (Å²) in [5.41, 5.74) is 0. The predicted molar refractivity (Wildman–Crippen MR) is 304 cm³/mol. The lowest BCUT2D eigenvalue weighted by Crippen LogP contribution is -2.69. The highest BCUT2D eigenvalue weighted by Gasteiger charge is 2.61. The normalized spacial score (nSPS) is 46.1. The van der Waals surface area contributed by atoms with Crippen LogP contribution in [-0.2, 0) is 99.5 Å². The molecule has 21 rings (SSSR count). The minimum atomic E-state index is -2.05. The van der Waals surface area contributed by atoms with Crippen molar-refractivity contribution in [3.8, 4) is 0 Å². The molecule has 35 unspecified atom stereocenters. The highest BCUT2D eigenvalue weighted by molar-refractivity contribution is 5.03. The first-order valence-electron chi connectivity index (χ1n) is 32.2. The molecule has 21 heterocycles. The largest absolute Gasteiger partial charge is 0.394 e. The molecule has 0 amide bonds. The smallest absolute Gasteiger partial charge is 0.187 e. The molecular formula is C56H98O42. The molecule has 0 aromatic heterocycles. The molecule has 0 aromatic rings. The summed E-state index contributed by atoms with van der Waals surface area (Å²) >= 11 is 0. The van der Waals surface area contributed by atoms with Crippen molar-refractivity contribution < 1.29 is 207 Å². The maximum atomic E-state index is 12.3. The summed E-state index contributed by atoms with van der Waals surface area (Å²) in [6.07, 6.45) is -65.5. The second-order valence-electron chi connectivity index (χ2n) is 23.6. The van der Waals surface area contributed by atoms with E-state index in [-0.39, 0.29) is 0 Å². The average Bonchev–Trinajstić information content (AvgIpc) is 0.770. The Hall–Kier alpha value is -1.68. The minimum Gasteiger partial charge on any atom is -0.394 e. The third-order valence-electron chi connectivity index (χ3n) is 17.4. The van der Waals surface area contributed by atoms with Gasteiger partial charge in [0, 0.05) is 0 Å². The van der Waals surface area contributed by atoms with E-state index in [4.69, 9.17) is 99.5 Å². The van der Waals surface area contributed by atoms with E-state index in [2.05, 4.69) is 0 Å². The second kappa shape index (κ2) is 40.2. The van der Waals surface area contributed by atoms with Gasteiger partial charge in [-0.1, -0.05) is 0 Å². The van der Waals surface area contributed by atoms with Gasteiger partial charge in [-0.25, -0.2) is 0 Å². The van der Waals surface area contributed by atoms with Gasteiger partial charge in [-0.15, -0.1) is 0 Å². The first kappa shape index (κ1) is 82.0. The van der Waals surface area contributed by atoms with E-state index in [0.717, 1.165) is 0 Å². The molecule has 42 nitrogen and oxygen atoms in total. The van der Waals surface area contributed by atoms with Crippen LogP contribution in [0.25, 0.3) is 0 Å². The molecule has 21 fully saturated rings. The molecule has 35 atom stereocenters. The number of rotatable bonds is 28. The molecule has 42 heteroatoms. The van der Waals surface area contributed by atoms with E-state index in [1.807, 2.05) is 0 Å². The second-order valence-corrected chi connectivity index (χ2v) is 23.6. The highest BCUT2D eigenvalue weighted by Crippen LogP contribution is 2.41. The number of ether oxygens (including phenoxy) is 21. The van der Waals surface area contributed by atoms with Crippen LogP contribution in [0.15, 0.2) is 0 Å². The van der Waals surface area contributed by atoms with Crippen molar-refractivity contribution in [3.63, 3.8) is 0 Å². The van der Waals surface area contributed by atoms with Gasteiger partial charge in [0.2, 0.25) is 0 Å². The lowest BCUT2D eigenvalue weighted by Gasteiger charge is -2.51. The van der Waals surface area contributed by atoms with Crippen LogP contribution >= 0.6 is 0 Å². The minimum absolute atomic E-state index is 0.565. The van der Waals surface area contributed by atoms with Gasteiger partial charge in [0.25, 0.3) is 0 Å². The number of hydrogen-bond donors (Lipinski definition) is 21. The summed E-state index contributed by atoms with van der Waals surface area (Å²) in [4.78, 5) is 0. The Labute approximate surface area is 559 Å². The zero-order valence-corrected chi connectivity index (χ0v) is 53.0. The first-order chi connectivity index (χ1) is 47.4. The van der Waals surface area contributed by atoms with E-state index in [0.29, 0.717) is 0 Å². The molecule has 21 aliphatic rings. The fourth-order valence-corrected chi connectivity index (χ4v) is 12.9. The van der Waals surface area contributed by atoms with Crippen LogP contribution < -0.4 is 0 Å². The SMILES string of the molecule is OCCOC1C2OC(CO)C(OC3OC(CO)C(OC4OC(CO)C(OC5OC(CO)C(OC6OC(CO)C(OC7OC(CO)C(OC8OC(CO)C(O2)C(O)C8OCCO)C(O)C7OCCO)C(O)C6OCCO)C(O)C5OCCO)C(O)C4OCCO)C(O)C3OCCO)C1O. The fraction of sp³-hybridized carbons (Fsp3) is 1.00. The molecular weight excluding hydrogens is 1340 g/mol. The van der Waals surface area contributed by atoms with Crippen LogP contribution in [-0.4, -0.2) is 461 Å². The highest BCUT2D eigenvalue weighted by atomic mass is 16.8. The molecule has 574 valence electrons. The Kier molecular flexibility index (Phi) is 33.6. The van der Waals surface area contributed by atoms with Crippen molar-refractivity contribution in [3.05, 3.63) is 0 Å². The van der Waals surface area contributed by atoms with Crippen LogP contribution in [0.4, 0.5) is 0 Å². The van der Waals surface area contributed by atoms with Crippen LogP contribution in [0.1, 0.15) is 0 Å². The average molecular weight is 1440 g/mol. The van der Waals surface area contributed by atoms with Crippen molar-refractivity contribution in [1.82, 2.24) is 0 Å². The molecule has 0 aliphatic carbocycles. The Morgan fingerprint density at radius 2 is 0.286 bits per heavy atom. The maximum Gasteiger partial charge on any atom is 0.187 e. The third kappa shape index (κ3) is 18.9. The van der Waals surface area contributed by atoms with Gasteiger partial charge in [-0.05, 0) is 0 Å². The van der Waals surface area contributed by atoms with E-state index < -0.39 is 354 Å². The molecule has 98 heavy (non-hydrogen) atoms. The Bertz CT molecular complexity index is 1800. The summed E-state index contributed by atoms with van der Waals surface area (Å²) in [7, 11) is 0. The summed E-state index contributed by atoms with van der Waals surface area (Å²) in [5.74, 6) is 0. The number of aliphatic hydroxyl groups is 21. The molecule has 0 aromatic carbocycles. The topological polar surface area (TPSA) is 619 Å². The summed E-state index contributed by atoms with van der Waals surface area (Å²) in [6.45, 7) is -16.1. The summed E-state index contributed by atoms with van der Waals surface area (Å²) in [5, 5.41) is 232. The molecule has 0 saturated carbocycles. The van der Waals surface area contributed by atoms with Gasteiger partial charge in [-0.3, -0.25) is 0 Å². The molecule has 21 saturated heterocycles. The quantitative estimate of drug-likeness (QED) is 0.0346. The van der Waals surface area contributed by atoms with Crippen LogP contribution in [0.2, 0.25) is 0 Å². The van der Waals surface area contributed by atoms with Gasteiger partial charge in [0.15, 0.2) is 44.0 Å². The van der Waals surface area contributed by atoms with Crippen molar-refractivity contribution >= 4 is 0 Å². The maximum absolute atomic E-state index is 12.3. The van der Waals surface area contributed by atoms with Gasteiger partial charge in [-0.2, -0.15) is 0 Å².